The number of methoxy groups -OCH3 is 4. The number of rotatable bonds is 59. The standard InChI is InChI=1S/C65H98O21/c1-66-13-17-70-21-22-74-23-24-75-25-26-76-27-28-77-29-30-78-31-32-79-33-34-80-35-36-81-37-38-82-42-46-86-60-50-56(49-59(52-60)85-45-41-73-20-16-69-4)54-65(63-11-7-5-9-61(63)62-10-6-8-12-64(62)65)53-55-47-57(83-43-39-71-18-14-67-2)51-58(48-55)84-44-40-72-19-15-68-3/h5-12,47-52H,13-46,53-54H2,1-4H3. The topological polar surface area (TPSA) is 194 Å². The summed E-state index contributed by atoms with van der Waals surface area (Å²) >= 11 is 0. The van der Waals surface area contributed by atoms with Gasteiger partial charge < -0.3 is 99.5 Å². The number of fused-ring (bicyclic) bond motifs is 3. The van der Waals surface area contributed by atoms with Crippen LogP contribution >= 0.6 is 0 Å². The van der Waals surface area contributed by atoms with Gasteiger partial charge in [0.1, 0.15) is 49.4 Å². The summed E-state index contributed by atoms with van der Waals surface area (Å²) in [5.41, 5.74) is 6.43. The van der Waals surface area contributed by atoms with Crippen molar-refractivity contribution in [3.05, 3.63) is 107 Å². The van der Waals surface area contributed by atoms with Crippen molar-refractivity contribution in [3.63, 3.8) is 0 Å². The molecule has 0 amide bonds. The molecule has 0 aliphatic heterocycles. The van der Waals surface area contributed by atoms with Gasteiger partial charge in [0.05, 0.1) is 198 Å². The molecule has 5 rings (SSSR count). The van der Waals surface area contributed by atoms with Crippen LogP contribution in [-0.2, 0) is 98.8 Å². The first kappa shape index (κ1) is 72.1. The molecule has 0 heterocycles. The first-order valence-corrected chi connectivity index (χ1v) is 30.0. The highest BCUT2D eigenvalue weighted by Gasteiger charge is 2.43. The molecule has 21 nitrogen and oxygen atoms in total. The van der Waals surface area contributed by atoms with Gasteiger partial charge in [0.2, 0.25) is 0 Å². The van der Waals surface area contributed by atoms with Gasteiger partial charge in [-0.2, -0.15) is 0 Å². The first-order chi connectivity index (χ1) is 42.6. The van der Waals surface area contributed by atoms with Gasteiger partial charge >= 0.3 is 0 Å². The predicted octanol–water partition coefficient (Wildman–Crippen LogP) is 6.76. The lowest BCUT2D eigenvalue weighted by atomic mass is 9.69. The molecule has 484 valence electrons. The fourth-order valence-corrected chi connectivity index (χ4v) is 9.19. The van der Waals surface area contributed by atoms with Crippen molar-refractivity contribution in [2.75, 3.05) is 253 Å². The molecule has 0 atom stereocenters. The van der Waals surface area contributed by atoms with Crippen molar-refractivity contribution < 1.29 is 99.5 Å². The number of benzene rings is 4. The summed E-state index contributed by atoms with van der Waals surface area (Å²) in [4.78, 5) is 0. The van der Waals surface area contributed by atoms with Gasteiger partial charge in [0, 0.05) is 46.0 Å². The molecule has 1 aliphatic carbocycles. The largest absolute Gasteiger partial charge is 0.491 e. The van der Waals surface area contributed by atoms with Crippen LogP contribution in [0.5, 0.6) is 23.0 Å². The molecule has 0 saturated heterocycles. The minimum absolute atomic E-state index is 0.324. The Labute approximate surface area is 510 Å². The second kappa shape index (κ2) is 48.3. The molecule has 21 heteroatoms. The minimum atomic E-state index is -0.517. The molecule has 0 unspecified atom stereocenters. The molecule has 0 bridgehead atoms. The van der Waals surface area contributed by atoms with Crippen molar-refractivity contribution in [3.8, 4) is 34.1 Å². The summed E-state index contributed by atoms with van der Waals surface area (Å²) < 4.78 is 119. The third kappa shape index (κ3) is 30.5. The fraction of sp³-hybridized carbons (Fsp3) is 0.631. The van der Waals surface area contributed by atoms with Crippen LogP contribution in [0.3, 0.4) is 0 Å². The first-order valence-electron chi connectivity index (χ1n) is 30.0. The van der Waals surface area contributed by atoms with Crippen LogP contribution in [0.25, 0.3) is 11.1 Å². The molecular formula is C65H98O21. The van der Waals surface area contributed by atoms with E-state index in [-0.39, 0.29) is 0 Å². The zero-order valence-corrected chi connectivity index (χ0v) is 51.6. The lowest BCUT2D eigenvalue weighted by Crippen LogP contribution is -2.31. The molecule has 0 radical (unpaired) electrons. The van der Waals surface area contributed by atoms with E-state index in [0.717, 1.165) is 11.1 Å². The summed E-state index contributed by atoms with van der Waals surface area (Å²) in [7, 11) is 6.61. The van der Waals surface area contributed by atoms with Crippen LogP contribution in [0, 0.1) is 0 Å². The molecule has 4 aromatic rings. The van der Waals surface area contributed by atoms with Crippen LogP contribution in [0.1, 0.15) is 22.3 Å². The smallest absolute Gasteiger partial charge is 0.123 e. The van der Waals surface area contributed by atoms with Gasteiger partial charge in [0.15, 0.2) is 0 Å². The zero-order chi connectivity index (χ0) is 60.5. The van der Waals surface area contributed by atoms with E-state index >= 15 is 0 Å². The van der Waals surface area contributed by atoms with Crippen LogP contribution in [0.15, 0.2) is 84.9 Å². The van der Waals surface area contributed by atoms with E-state index in [4.69, 9.17) is 99.5 Å². The molecular weight excluding hydrogens is 1120 g/mol. The summed E-state index contributed by atoms with van der Waals surface area (Å²) in [5.74, 6) is 2.72. The molecule has 0 spiro atoms. The van der Waals surface area contributed by atoms with E-state index < -0.39 is 5.41 Å². The Morgan fingerprint density at radius 3 is 0.651 bits per heavy atom. The number of hydrogen-bond acceptors (Lipinski definition) is 21. The third-order valence-electron chi connectivity index (χ3n) is 13.1. The average molecular weight is 1220 g/mol. The summed E-state index contributed by atoms with van der Waals surface area (Å²) in [6.07, 6.45) is 1.26. The van der Waals surface area contributed by atoms with E-state index in [1.165, 1.54) is 22.3 Å². The monoisotopic (exact) mass is 1210 g/mol. The van der Waals surface area contributed by atoms with Crippen LogP contribution in [0.2, 0.25) is 0 Å². The van der Waals surface area contributed by atoms with Crippen molar-refractivity contribution in [2.24, 2.45) is 0 Å². The third-order valence-corrected chi connectivity index (χ3v) is 13.1. The molecule has 0 saturated carbocycles. The quantitative estimate of drug-likeness (QED) is 0.0421. The van der Waals surface area contributed by atoms with Crippen molar-refractivity contribution in [2.45, 2.75) is 18.3 Å². The summed E-state index contributed by atoms with van der Waals surface area (Å²) in [6.45, 7) is 15.8. The molecule has 0 aromatic heterocycles. The lowest BCUT2D eigenvalue weighted by Gasteiger charge is -2.33. The van der Waals surface area contributed by atoms with Gasteiger partial charge in [-0.25, -0.2) is 0 Å². The summed E-state index contributed by atoms with van der Waals surface area (Å²) in [6, 6.07) is 29.7. The van der Waals surface area contributed by atoms with Crippen LogP contribution < -0.4 is 18.9 Å². The predicted molar refractivity (Wildman–Crippen MR) is 323 cm³/mol. The van der Waals surface area contributed by atoms with E-state index in [1.54, 1.807) is 28.4 Å². The van der Waals surface area contributed by atoms with E-state index in [2.05, 4.69) is 72.8 Å². The van der Waals surface area contributed by atoms with Gasteiger partial charge in [-0.05, 0) is 70.5 Å². The second-order valence-electron chi connectivity index (χ2n) is 19.5. The van der Waals surface area contributed by atoms with Gasteiger partial charge in [0.25, 0.3) is 0 Å². The lowest BCUT2D eigenvalue weighted by molar-refractivity contribution is -0.0273. The van der Waals surface area contributed by atoms with Crippen LogP contribution in [-0.4, -0.2) is 253 Å². The van der Waals surface area contributed by atoms with Crippen molar-refractivity contribution in [1.29, 1.82) is 0 Å². The SMILES string of the molecule is COCCOCCOCCOCCOCCOCCOCCOCCOCCOCCOCCOc1cc(CC2(Cc3cc(OCCOCCOC)cc(OCCOCCOC)c3)c3ccccc3-c3ccccc32)cc(OCCOCCOC)c1. The van der Waals surface area contributed by atoms with Gasteiger partial charge in [-0.1, -0.05) is 48.5 Å². The van der Waals surface area contributed by atoms with Crippen molar-refractivity contribution in [1.82, 2.24) is 0 Å². The zero-order valence-electron chi connectivity index (χ0n) is 51.6. The van der Waals surface area contributed by atoms with Gasteiger partial charge in [-0.15, -0.1) is 0 Å². The average Bonchev–Trinajstić information content (AvgIpc) is 1.60. The Hall–Kier alpha value is -4.60. The molecule has 4 aromatic carbocycles. The van der Waals surface area contributed by atoms with E-state index in [0.29, 0.717) is 260 Å². The highest BCUT2D eigenvalue weighted by atomic mass is 16.6. The Kier molecular flexibility index (Phi) is 40.6. The van der Waals surface area contributed by atoms with Crippen LogP contribution in [0.4, 0.5) is 0 Å². The highest BCUT2D eigenvalue weighted by molar-refractivity contribution is 5.81. The van der Waals surface area contributed by atoms with E-state index in [1.807, 2.05) is 12.1 Å². The Morgan fingerprint density at radius 2 is 0.430 bits per heavy atom. The maximum Gasteiger partial charge on any atom is 0.123 e. The molecule has 1 aliphatic rings. The normalized spacial score (nSPS) is 12.4. The molecule has 86 heavy (non-hydrogen) atoms. The minimum Gasteiger partial charge on any atom is -0.491 e. The molecule has 0 fully saturated rings. The Balaban J connectivity index is 1.04. The van der Waals surface area contributed by atoms with Crippen molar-refractivity contribution >= 4 is 0 Å². The Bertz CT molecular complexity index is 2190. The second-order valence-corrected chi connectivity index (χ2v) is 19.5. The summed E-state index contributed by atoms with van der Waals surface area (Å²) in [5, 5.41) is 0. The Morgan fingerprint density at radius 1 is 0.233 bits per heavy atom. The number of hydrogen-bond donors (Lipinski definition) is 0. The number of ether oxygens (including phenoxy) is 21. The fourth-order valence-electron chi connectivity index (χ4n) is 9.19. The van der Waals surface area contributed by atoms with E-state index in [9.17, 15) is 0 Å². The molecule has 0 N–H and O–H groups in total. The highest BCUT2D eigenvalue weighted by Crippen LogP contribution is 2.53. The van der Waals surface area contributed by atoms with Gasteiger partial charge in [-0.3, -0.25) is 0 Å². The maximum absolute atomic E-state index is 6.42. The maximum atomic E-state index is 6.42.